The van der Waals surface area contributed by atoms with Gasteiger partial charge in [-0.05, 0) is 30.3 Å². The molecule has 1 aliphatic rings. The van der Waals surface area contributed by atoms with Gasteiger partial charge in [0.05, 0.1) is 5.02 Å². The normalized spacial score (nSPS) is 17.7. The Bertz CT molecular complexity index is 691. The average molecular weight is 354 g/mol. The van der Waals surface area contributed by atoms with Crippen molar-refractivity contribution >= 4 is 33.4 Å². The number of rotatable bonds is 2. The first kappa shape index (κ1) is 13.4. The maximum atomic E-state index is 9.88. The summed E-state index contributed by atoms with van der Waals surface area (Å²) in [6, 6.07) is 12.5. The van der Waals surface area contributed by atoms with Crippen LogP contribution in [0.25, 0.3) is 0 Å². The minimum absolute atomic E-state index is 0.129. The maximum Gasteiger partial charge on any atom is 0.206 e. The second-order valence-corrected chi connectivity index (χ2v) is 5.56. The molecule has 2 aromatic rings. The number of phenolic OH excluding ortho intramolecular Hbond substituents is 1. The van der Waals surface area contributed by atoms with Crippen molar-refractivity contribution in [1.82, 2.24) is 5.48 Å². The highest BCUT2D eigenvalue weighted by Gasteiger charge is 2.24. The van der Waals surface area contributed by atoms with Gasteiger partial charge < -0.3 is 5.11 Å². The Kier molecular flexibility index (Phi) is 3.65. The number of phenols is 1. The first-order valence-electron chi connectivity index (χ1n) is 5.88. The van der Waals surface area contributed by atoms with E-state index in [-0.39, 0.29) is 5.75 Å². The lowest BCUT2D eigenvalue weighted by molar-refractivity contribution is 0.0363. The summed E-state index contributed by atoms with van der Waals surface area (Å²) in [5.74, 6) is 0.670. The molecule has 1 heterocycles. The second kappa shape index (κ2) is 5.44. The van der Waals surface area contributed by atoms with Crippen LogP contribution in [0.15, 0.2) is 51.9 Å². The molecule has 4 nitrogen and oxygen atoms in total. The van der Waals surface area contributed by atoms with E-state index in [1.807, 2.05) is 18.2 Å². The first-order chi connectivity index (χ1) is 9.65. The van der Waals surface area contributed by atoms with E-state index in [1.54, 1.807) is 24.3 Å². The molecule has 0 spiro atoms. The molecule has 0 aromatic heterocycles. The van der Waals surface area contributed by atoms with E-state index in [9.17, 15) is 5.11 Å². The number of hydrogen-bond donors (Lipinski definition) is 2. The van der Waals surface area contributed by atoms with Crippen molar-refractivity contribution in [2.45, 2.75) is 6.23 Å². The highest BCUT2D eigenvalue weighted by atomic mass is 79.9. The van der Waals surface area contributed by atoms with E-state index >= 15 is 0 Å². The van der Waals surface area contributed by atoms with E-state index in [2.05, 4.69) is 26.4 Å². The van der Waals surface area contributed by atoms with Crippen LogP contribution in [0.1, 0.15) is 17.4 Å². The zero-order valence-corrected chi connectivity index (χ0v) is 12.5. The predicted molar refractivity (Wildman–Crippen MR) is 80.8 cm³/mol. The van der Waals surface area contributed by atoms with Gasteiger partial charge in [0.2, 0.25) is 6.23 Å². The van der Waals surface area contributed by atoms with Crippen LogP contribution < -0.4 is 5.48 Å². The molecule has 1 aliphatic heterocycles. The fraction of sp³-hybridized carbons (Fsp3) is 0.0714. The lowest BCUT2D eigenvalue weighted by Crippen LogP contribution is -2.18. The van der Waals surface area contributed by atoms with Gasteiger partial charge in [-0.3, -0.25) is 0 Å². The molecule has 0 amide bonds. The van der Waals surface area contributed by atoms with Crippen molar-refractivity contribution in [3.63, 3.8) is 0 Å². The third kappa shape index (κ3) is 2.52. The number of amidine groups is 1. The molecular formula is C14H10BrClN2O2. The minimum atomic E-state index is -0.612. The summed E-state index contributed by atoms with van der Waals surface area (Å²) < 4.78 is 0.843. The third-order valence-corrected chi connectivity index (χ3v) is 3.72. The second-order valence-electron chi connectivity index (χ2n) is 4.23. The fourth-order valence-corrected chi connectivity index (χ4v) is 2.52. The van der Waals surface area contributed by atoms with Gasteiger partial charge in [-0.1, -0.05) is 39.7 Å². The van der Waals surface area contributed by atoms with Crippen molar-refractivity contribution in [2.75, 3.05) is 0 Å². The first-order valence-corrected chi connectivity index (χ1v) is 7.05. The summed E-state index contributed by atoms with van der Waals surface area (Å²) in [7, 11) is 0. The van der Waals surface area contributed by atoms with Crippen molar-refractivity contribution < 1.29 is 9.94 Å². The van der Waals surface area contributed by atoms with E-state index in [0.717, 1.165) is 10.0 Å². The Labute approximate surface area is 129 Å². The fourth-order valence-electron chi connectivity index (χ4n) is 1.92. The van der Waals surface area contributed by atoms with Crippen molar-refractivity contribution in [1.29, 1.82) is 0 Å². The number of aromatic hydroxyl groups is 1. The number of hydrogen-bond acceptors (Lipinski definition) is 4. The van der Waals surface area contributed by atoms with Crippen LogP contribution in [-0.4, -0.2) is 10.9 Å². The zero-order valence-electron chi connectivity index (χ0n) is 10.2. The van der Waals surface area contributed by atoms with Crippen LogP contribution in [0.2, 0.25) is 5.02 Å². The molecule has 2 aromatic carbocycles. The van der Waals surface area contributed by atoms with E-state index in [0.29, 0.717) is 16.4 Å². The largest absolute Gasteiger partial charge is 0.507 e. The zero-order chi connectivity index (χ0) is 14.1. The van der Waals surface area contributed by atoms with Crippen molar-refractivity contribution in [2.24, 2.45) is 4.99 Å². The third-order valence-electron chi connectivity index (χ3n) is 2.90. The van der Waals surface area contributed by atoms with E-state index in [1.165, 1.54) is 0 Å². The number of aliphatic imine (C=N–C) groups is 1. The van der Waals surface area contributed by atoms with Crippen LogP contribution in [0.3, 0.4) is 0 Å². The lowest BCUT2D eigenvalue weighted by atomic mass is 10.1. The SMILES string of the molecule is Oc1ccc(Br)cc1C1N=C(c2ccccc2Cl)NO1. The summed E-state index contributed by atoms with van der Waals surface area (Å²) >= 11 is 9.48. The summed E-state index contributed by atoms with van der Waals surface area (Å²) in [5.41, 5.74) is 4.08. The van der Waals surface area contributed by atoms with Gasteiger partial charge in [0, 0.05) is 15.6 Å². The molecule has 0 saturated carbocycles. The Hall–Kier alpha value is -1.56. The molecule has 0 bridgehead atoms. The topological polar surface area (TPSA) is 53.9 Å². The van der Waals surface area contributed by atoms with E-state index in [4.69, 9.17) is 16.4 Å². The Morgan fingerprint density at radius 1 is 1.25 bits per heavy atom. The summed E-state index contributed by atoms with van der Waals surface area (Å²) in [6.07, 6.45) is -0.612. The van der Waals surface area contributed by atoms with Gasteiger partial charge in [-0.2, -0.15) is 0 Å². The summed E-state index contributed by atoms with van der Waals surface area (Å²) in [5, 5.41) is 10.5. The van der Waals surface area contributed by atoms with Crippen LogP contribution >= 0.6 is 27.5 Å². The molecule has 1 atom stereocenters. The standard InChI is InChI=1S/C14H10BrClN2O2/c15-8-5-6-12(19)10(7-8)14-17-13(18-20-14)9-3-1-2-4-11(9)16/h1-7,14,19H,(H,17,18). The number of nitrogens with zero attached hydrogens (tertiary/aromatic N) is 1. The Morgan fingerprint density at radius 3 is 2.85 bits per heavy atom. The molecule has 20 heavy (non-hydrogen) atoms. The summed E-state index contributed by atoms with van der Waals surface area (Å²) in [4.78, 5) is 9.81. The number of nitrogens with one attached hydrogen (secondary N) is 1. The minimum Gasteiger partial charge on any atom is -0.507 e. The number of benzene rings is 2. The predicted octanol–water partition coefficient (Wildman–Crippen LogP) is 3.79. The Morgan fingerprint density at radius 2 is 2.05 bits per heavy atom. The molecule has 0 aliphatic carbocycles. The molecule has 2 N–H and O–H groups in total. The maximum absolute atomic E-state index is 9.88. The molecule has 1 unspecified atom stereocenters. The molecule has 102 valence electrons. The van der Waals surface area contributed by atoms with Gasteiger partial charge in [0.25, 0.3) is 0 Å². The smallest absolute Gasteiger partial charge is 0.206 e. The van der Waals surface area contributed by atoms with Crippen LogP contribution in [0.4, 0.5) is 0 Å². The molecule has 3 rings (SSSR count). The number of halogens is 2. The highest BCUT2D eigenvalue weighted by Crippen LogP contribution is 2.33. The molecule has 0 saturated heterocycles. The van der Waals surface area contributed by atoms with Gasteiger partial charge >= 0.3 is 0 Å². The lowest BCUT2D eigenvalue weighted by Gasteiger charge is -2.08. The highest BCUT2D eigenvalue weighted by molar-refractivity contribution is 9.10. The van der Waals surface area contributed by atoms with Crippen LogP contribution in [0.5, 0.6) is 5.75 Å². The Balaban J connectivity index is 1.96. The van der Waals surface area contributed by atoms with Gasteiger partial charge in [0.15, 0.2) is 5.84 Å². The molecular weight excluding hydrogens is 344 g/mol. The van der Waals surface area contributed by atoms with Crippen LogP contribution in [-0.2, 0) is 4.84 Å². The van der Waals surface area contributed by atoms with Crippen molar-refractivity contribution in [3.8, 4) is 5.75 Å². The summed E-state index contributed by atoms with van der Waals surface area (Å²) in [6.45, 7) is 0. The van der Waals surface area contributed by atoms with Crippen molar-refractivity contribution in [3.05, 3.63) is 63.1 Å². The van der Waals surface area contributed by atoms with Crippen LogP contribution in [0, 0.1) is 0 Å². The monoisotopic (exact) mass is 352 g/mol. The van der Waals surface area contributed by atoms with Gasteiger partial charge in [0.1, 0.15) is 5.75 Å². The molecule has 6 heteroatoms. The van der Waals surface area contributed by atoms with Gasteiger partial charge in [-0.25, -0.2) is 15.3 Å². The van der Waals surface area contributed by atoms with Gasteiger partial charge in [-0.15, -0.1) is 0 Å². The number of hydroxylamine groups is 1. The quantitative estimate of drug-likeness (QED) is 0.864. The average Bonchev–Trinajstić information content (AvgIpc) is 2.91. The molecule has 0 fully saturated rings. The van der Waals surface area contributed by atoms with E-state index < -0.39 is 6.23 Å². The molecule has 0 radical (unpaired) electrons.